The van der Waals surface area contributed by atoms with Gasteiger partial charge in [0.25, 0.3) is 0 Å². The third-order valence-electron chi connectivity index (χ3n) is 5.69. The summed E-state index contributed by atoms with van der Waals surface area (Å²) in [6.07, 6.45) is 1.39. The SMILES string of the molecule is [3H]C(P)C(=O)CNOC(=O)CN(CCN(CC(C)=O)CC(=O)OC)CC(=O)NCCSC1CCC1SCCNC. The molecule has 0 spiro atoms. The fourth-order valence-electron chi connectivity index (χ4n) is 3.53. The Morgan fingerprint density at radius 3 is 2.08 bits per heavy atom. The van der Waals surface area contributed by atoms with Crippen molar-refractivity contribution in [3.63, 3.8) is 0 Å². The summed E-state index contributed by atoms with van der Waals surface area (Å²) in [5, 5.41) is 7.31. The Morgan fingerprint density at radius 1 is 0.949 bits per heavy atom. The molecule has 224 valence electrons. The van der Waals surface area contributed by atoms with Crippen LogP contribution in [0.3, 0.4) is 0 Å². The number of ketones is 2. The second kappa shape index (κ2) is 21.5. The Morgan fingerprint density at radius 2 is 1.54 bits per heavy atom. The van der Waals surface area contributed by atoms with E-state index < -0.39 is 23.9 Å². The zero-order valence-corrected chi connectivity index (χ0v) is 25.9. The molecule has 1 rings (SSSR count). The number of amides is 1. The van der Waals surface area contributed by atoms with Gasteiger partial charge in [-0.15, -0.1) is 14.7 Å². The van der Waals surface area contributed by atoms with Crippen LogP contribution in [0.4, 0.5) is 0 Å². The van der Waals surface area contributed by atoms with Gasteiger partial charge >= 0.3 is 11.9 Å². The van der Waals surface area contributed by atoms with E-state index in [9.17, 15) is 24.0 Å². The number of nitrogens with zero attached hydrogens (tertiary/aromatic N) is 2. The summed E-state index contributed by atoms with van der Waals surface area (Å²) < 4.78 is 12.0. The van der Waals surface area contributed by atoms with Gasteiger partial charge in [0.2, 0.25) is 5.91 Å². The molecular formula is C24H44N5O7PS2. The molecule has 15 heteroatoms. The number of thioether (sulfide) groups is 2. The molecule has 0 radical (unpaired) electrons. The highest BCUT2D eigenvalue weighted by atomic mass is 32.2. The van der Waals surface area contributed by atoms with E-state index in [0.717, 1.165) is 18.1 Å². The molecule has 0 saturated heterocycles. The molecule has 1 fully saturated rings. The Kier molecular flexibility index (Phi) is 18.7. The molecule has 1 aliphatic carbocycles. The van der Waals surface area contributed by atoms with Crippen molar-refractivity contribution in [1.29, 1.82) is 0 Å². The van der Waals surface area contributed by atoms with Crippen LogP contribution in [-0.2, 0) is 33.5 Å². The normalized spacial score (nSPS) is 17.7. The average molecular weight is 612 g/mol. The Balaban J connectivity index is 2.59. The number of rotatable bonds is 23. The number of hydrogen-bond acceptors (Lipinski definition) is 13. The lowest BCUT2D eigenvalue weighted by Crippen LogP contribution is -2.46. The summed E-state index contributed by atoms with van der Waals surface area (Å²) in [6.45, 7) is 2.52. The van der Waals surface area contributed by atoms with Crippen molar-refractivity contribution in [1.82, 2.24) is 25.9 Å². The van der Waals surface area contributed by atoms with E-state index in [1.54, 1.807) is 9.80 Å². The van der Waals surface area contributed by atoms with Crippen LogP contribution in [0.1, 0.15) is 21.1 Å². The monoisotopic (exact) mass is 611 g/mol. The van der Waals surface area contributed by atoms with Crippen molar-refractivity contribution in [3.05, 3.63) is 0 Å². The number of ether oxygens (including phenoxy) is 1. The highest BCUT2D eigenvalue weighted by Gasteiger charge is 2.31. The number of Topliss-reactive ketones (excluding diaryl/α,β-unsaturated/α-hetero) is 2. The first-order chi connectivity index (χ1) is 19.0. The maximum atomic E-state index is 12.7. The molecule has 0 aromatic rings. The van der Waals surface area contributed by atoms with Crippen LogP contribution in [0.25, 0.3) is 0 Å². The molecule has 1 amide bonds. The number of carbonyl (C=O) groups is 5. The standard InChI is InChI=1S/C24H44N5O7PS2/c1-18(30)13-28(15-23(33)35-3)8-9-29(16-24(34)36-27-12-19(31)17-37)14-22(32)26-7-11-39-21-5-4-20(21)38-10-6-25-2/h20-21,25,27H,4-17,37H2,1-3H3,(H,26,32)/i17T. The molecule has 1 aliphatic rings. The van der Waals surface area contributed by atoms with Crippen LogP contribution < -0.4 is 16.1 Å². The van der Waals surface area contributed by atoms with Crippen LogP contribution in [0, 0.1) is 0 Å². The van der Waals surface area contributed by atoms with Gasteiger partial charge in [0.1, 0.15) is 5.78 Å². The van der Waals surface area contributed by atoms with Gasteiger partial charge in [-0.05, 0) is 26.8 Å². The van der Waals surface area contributed by atoms with E-state index in [4.69, 9.17) is 10.9 Å². The lowest BCUT2D eigenvalue weighted by molar-refractivity contribution is -0.153. The predicted octanol–water partition coefficient (Wildman–Crippen LogP) is -0.823. The third-order valence-corrected chi connectivity index (χ3v) is 9.10. The maximum Gasteiger partial charge on any atom is 0.338 e. The minimum absolute atomic E-state index is 0.0131. The first-order valence-electron chi connectivity index (χ1n) is 13.4. The molecule has 12 nitrogen and oxygen atoms in total. The van der Waals surface area contributed by atoms with Crippen LogP contribution >= 0.6 is 32.8 Å². The van der Waals surface area contributed by atoms with Crippen molar-refractivity contribution < 1.29 is 34.9 Å². The van der Waals surface area contributed by atoms with E-state index in [-0.39, 0.29) is 57.5 Å². The molecule has 0 aromatic heterocycles. The molecule has 3 N–H and O–H groups in total. The molecule has 4 atom stereocenters. The lowest BCUT2D eigenvalue weighted by Gasteiger charge is -2.35. The minimum atomic E-state index is -1.03. The molecule has 0 aromatic carbocycles. The summed E-state index contributed by atoms with van der Waals surface area (Å²) in [4.78, 5) is 68.0. The predicted molar refractivity (Wildman–Crippen MR) is 158 cm³/mol. The molecular weight excluding hydrogens is 565 g/mol. The summed E-state index contributed by atoms with van der Waals surface area (Å²) in [7, 11) is 5.25. The van der Waals surface area contributed by atoms with Crippen LogP contribution in [0.15, 0.2) is 0 Å². The highest BCUT2D eigenvalue weighted by Crippen LogP contribution is 2.39. The summed E-state index contributed by atoms with van der Waals surface area (Å²) in [6, 6.07) is 0. The number of hydrogen-bond donors (Lipinski definition) is 3. The zero-order valence-electron chi connectivity index (χ0n) is 24.1. The van der Waals surface area contributed by atoms with Crippen molar-refractivity contribution in [2.24, 2.45) is 0 Å². The minimum Gasteiger partial charge on any atom is -0.468 e. The number of carbonyl (C=O) groups excluding carboxylic acids is 5. The number of methoxy groups -OCH3 is 1. The van der Waals surface area contributed by atoms with Gasteiger partial charge in [0, 0.05) is 55.7 Å². The van der Waals surface area contributed by atoms with Crippen LogP contribution in [0.2, 0.25) is 0 Å². The van der Waals surface area contributed by atoms with E-state index in [2.05, 4.69) is 16.1 Å². The molecule has 0 heterocycles. The van der Waals surface area contributed by atoms with Crippen molar-refractivity contribution >= 4 is 62.2 Å². The summed E-state index contributed by atoms with van der Waals surface area (Å²) >= 11 is 3.85. The fourth-order valence-corrected chi connectivity index (χ4v) is 6.57. The average Bonchev–Trinajstić information content (AvgIpc) is 2.88. The maximum absolute atomic E-state index is 12.7. The first kappa shape index (κ1) is 33.9. The third kappa shape index (κ3) is 17.2. The smallest absolute Gasteiger partial charge is 0.338 e. The fraction of sp³-hybridized carbons (Fsp3) is 0.792. The first-order valence-corrected chi connectivity index (χ1v) is 15.6. The summed E-state index contributed by atoms with van der Waals surface area (Å²) in [5.74, 6) is -0.236. The van der Waals surface area contributed by atoms with E-state index in [1.165, 1.54) is 26.9 Å². The van der Waals surface area contributed by atoms with Gasteiger partial charge in [0.05, 0.1) is 39.8 Å². The van der Waals surface area contributed by atoms with E-state index >= 15 is 0 Å². The van der Waals surface area contributed by atoms with Gasteiger partial charge < -0.3 is 20.2 Å². The van der Waals surface area contributed by atoms with Crippen molar-refractivity contribution in [3.8, 4) is 0 Å². The van der Waals surface area contributed by atoms with E-state index in [1.807, 2.05) is 39.8 Å². The largest absolute Gasteiger partial charge is 0.468 e. The van der Waals surface area contributed by atoms with Crippen molar-refractivity contribution in [2.45, 2.75) is 30.3 Å². The van der Waals surface area contributed by atoms with Gasteiger partial charge in [0.15, 0.2) is 5.78 Å². The van der Waals surface area contributed by atoms with Gasteiger partial charge in [-0.25, -0.2) is 4.79 Å². The van der Waals surface area contributed by atoms with Crippen LogP contribution in [-0.4, -0.2) is 140 Å². The highest BCUT2D eigenvalue weighted by molar-refractivity contribution is 8.04. The lowest BCUT2D eigenvalue weighted by atomic mass is 9.99. The van der Waals surface area contributed by atoms with Gasteiger partial charge in [-0.1, -0.05) is 0 Å². The molecule has 4 unspecified atom stereocenters. The topological polar surface area (TPSA) is 146 Å². The number of nitrogens with one attached hydrogen (secondary N) is 3. The Bertz CT molecular complexity index is 830. The Labute approximate surface area is 243 Å². The molecule has 1 saturated carbocycles. The Hall–Kier alpha value is -1.28. The van der Waals surface area contributed by atoms with E-state index in [0.29, 0.717) is 17.0 Å². The van der Waals surface area contributed by atoms with Gasteiger partial charge in [-0.3, -0.25) is 29.0 Å². The zero-order chi connectivity index (χ0) is 29.9. The molecule has 39 heavy (non-hydrogen) atoms. The van der Waals surface area contributed by atoms with Gasteiger partial charge in [-0.2, -0.15) is 23.5 Å². The quantitative estimate of drug-likeness (QED) is 0.0573. The molecule has 0 bridgehead atoms. The van der Waals surface area contributed by atoms with Crippen molar-refractivity contribution in [2.75, 3.05) is 90.7 Å². The summed E-state index contributed by atoms with van der Waals surface area (Å²) in [5.41, 5.74) is 2.25. The number of esters is 1. The second-order valence-corrected chi connectivity index (χ2v) is 12.0. The molecule has 0 aliphatic heterocycles. The second-order valence-electron chi connectivity index (χ2n) is 8.98. The number of hydroxylamine groups is 1. The van der Waals surface area contributed by atoms with Crippen LogP contribution in [0.5, 0.6) is 0 Å².